The van der Waals surface area contributed by atoms with E-state index < -0.39 is 5.82 Å². The summed E-state index contributed by atoms with van der Waals surface area (Å²) in [7, 11) is 0. The molecule has 1 aliphatic rings. The number of hydrogen-bond acceptors (Lipinski definition) is 4. The Balaban J connectivity index is 1.90. The monoisotopic (exact) mass is 407 g/mol. The third-order valence-corrected chi connectivity index (χ3v) is 5.69. The SMILES string of the molecule is Fc1cc2nc(N3CCCCC3)c(-c3cn[nH]n3)c(-c3ccccc3)c2cc1Cl. The molecular weight excluding hydrogens is 389 g/mol. The molecule has 5 rings (SSSR count). The van der Waals surface area contributed by atoms with Crippen LogP contribution in [0.4, 0.5) is 10.2 Å². The molecule has 146 valence electrons. The lowest BCUT2D eigenvalue weighted by Crippen LogP contribution is -2.30. The van der Waals surface area contributed by atoms with Gasteiger partial charge < -0.3 is 4.90 Å². The lowest BCUT2D eigenvalue weighted by molar-refractivity contribution is 0.574. The highest BCUT2D eigenvalue weighted by Crippen LogP contribution is 2.43. The maximum atomic E-state index is 14.3. The summed E-state index contributed by atoms with van der Waals surface area (Å²) >= 11 is 6.17. The van der Waals surface area contributed by atoms with Gasteiger partial charge in [0.25, 0.3) is 0 Å². The van der Waals surface area contributed by atoms with Crippen LogP contribution >= 0.6 is 11.6 Å². The quantitative estimate of drug-likeness (QED) is 0.489. The Morgan fingerprint density at radius 3 is 2.52 bits per heavy atom. The number of nitrogens with one attached hydrogen (secondary N) is 1. The van der Waals surface area contributed by atoms with Crippen LogP contribution < -0.4 is 4.90 Å². The molecule has 0 saturated carbocycles. The number of aromatic nitrogens is 4. The van der Waals surface area contributed by atoms with Crippen molar-refractivity contribution in [2.75, 3.05) is 18.0 Å². The number of H-pyrrole nitrogens is 1. The highest BCUT2D eigenvalue weighted by Gasteiger charge is 2.25. The molecule has 0 unspecified atom stereocenters. The predicted octanol–water partition coefficient (Wildman–Crippen LogP) is 5.47. The molecule has 0 bridgehead atoms. The molecule has 0 spiro atoms. The van der Waals surface area contributed by atoms with E-state index in [-0.39, 0.29) is 5.02 Å². The first kappa shape index (κ1) is 18.1. The first-order valence-corrected chi connectivity index (χ1v) is 10.1. The largest absolute Gasteiger partial charge is 0.356 e. The van der Waals surface area contributed by atoms with Gasteiger partial charge in [-0.2, -0.15) is 15.4 Å². The molecule has 4 aromatic rings. The van der Waals surface area contributed by atoms with E-state index in [9.17, 15) is 4.39 Å². The summed E-state index contributed by atoms with van der Waals surface area (Å²) in [6.07, 6.45) is 5.12. The number of piperidine rings is 1. The number of rotatable bonds is 3. The minimum Gasteiger partial charge on any atom is -0.356 e. The standard InChI is InChI=1S/C22H19ClFN5/c23-16-11-15-18(12-17(16)24)26-22(29-9-5-2-6-10-29)21(19-13-25-28-27-19)20(15)14-7-3-1-4-8-14/h1,3-4,7-8,11-13H,2,5-6,9-10H2,(H,25,27,28). The van der Waals surface area contributed by atoms with Gasteiger partial charge in [0.05, 0.1) is 22.3 Å². The van der Waals surface area contributed by atoms with Gasteiger partial charge in [-0.3, -0.25) is 0 Å². The summed E-state index contributed by atoms with van der Waals surface area (Å²) in [4.78, 5) is 7.16. The normalized spacial score (nSPS) is 14.5. The van der Waals surface area contributed by atoms with Crippen LogP contribution in [0, 0.1) is 5.82 Å². The van der Waals surface area contributed by atoms with Crippen molar-refractivity contribution in [1.29, 1.82) is 0 Å². The van der Waals surface area contributed by atoms with Crippen molar-refractivity contribution in [3.63, 3.8) is 0 Å². The number of aromatic amines is 1. The average Bonchev–Trinajstić information content (AvgIpc) is 3.29. The van der Waals surface area contributed by atoms with E-state index in [4.69, 9.17) is 16.6 Å². The predicted molar refractivity (Wildman–Crippen MR) is 114 cm³/mol. The molecule has 1 saturated heterocycles. The molecule has 0 aliphatic carbocycles. The molecule has 29 heavy (non-hydrogen) atoms. The molecule has 3 heterocycles. The van der Waals surface area contributed by atoms with E-state index in [1.807, 2.05) is 30.3 Å². The minimum absolute atomic E-state index is 0.0771. The van der Waals surface area contributed by atoms with Crippen molar-refractivity contribution >= 4 is 28.3 Å². The first-order chi connectivity index (χ1) is 14.2. The number of nitrogens with zero attached hydrogens (tertiary/aromatic N) is 4. The Labute approximate surface area is 172 Å². The van der Waals surface area contributed by atoms with Gasteiger partial charge in [0.15, 0.2) is 0 Å². The zero-order chi connectivity index (χ0) is 19.8. The van der Waals surface area contributed by atoms with E-state index in [0.717, 1.165) is 53.8 Å². The first-order valence-electron chi connectivity index (χ1n) is 9.71. The van der Waals surface area contributed by atoms with Crippen LogP contribution in [0.1, 0.15) is 19.3 Å². The Bertz CT molecular complexity index is 1160. The van der Waals surface area contributed by atoms with E-state index in [0.29, 0.717) is 11.2 Å². The molecule has 1 aliphatic heterocycles. The van der Waals surface area contributed by atoms with E-state index in [1.54, 1.807) is 12.3 Å². The van der Waals surface area contributed by atoms with Crippen molar-refractivity contribution in [3.8, 4) is 22.4 Å². The second-order valence-corrected chi connectivity index (χ2v) is 7.65. The molecule has 2 aromatic carbocycles. The van der Waals surface area contributed by atoms with E-state index in [1.165, 1.54) is 12.5 Å². The van der Waals surface area contributed by atoms with Crippen molar-refractivity contribution in [3.05, 3.63) is 59.5 Å². The molecule has 0 amide bonds. The maximum absolute atomic E-state index is 14.3. The molecule has 7 heteroatoms. The Morgan fingerprint density at radius 1 is 1.00 bits per heavy atom. The molecular formula is C22H19ClFN5. The smallest absolute Gasteiger partial charge is 0.143 e. The summed E-state index contributed by atoms with van der Waals surface area (Å²) in [5, 5.41) is 12.0. The number of pyridine rings is 1. The van der Waals surface area contributed by atoms with Crippen LogP contribution in [0.25, 0.3) is 33.3 Å². The van der Waals surface area contributed by atoms with Crippen molar-refractivity contribution in [2.24, 2.45) is 0 Å². The highest BCUT2D eigenvalue weighted by atomic mass is 35.5. The molecule has 2 aromatic heterocycles. The van der Waals surface area contributed by atoms with Crippen LogP contribution in [0.3, 0.4) is 0 Å². The molecule has 0 radical (unpaired) electrons. The third-order valence-electron chi connectivity index (χ3n) is 5.40. The summed E-state index contributed by atoms with van der Waals surface area (Å²) in [6, 6.07) is 13.1. The zero-order valence-corrected chi connectivity index (χ0v) is 16.5. The molecule has 1 fully saturated rings. The fourth-order valence-corrected chi connectivity index (χ4v) is 4.21. The lowest BCUT2D eigenvalue weighted by atomic mass is 9.93. The van der Waals surface area contributed by atoms with Gasteiger partial charge in [0, 0.05) is 30.1 Å². The number of anilines is 1. The summed E-state index contributed by atoms with van der Waals surface area (Å²) in [6.45, 7) is 1.82. The molecule has 5 nitrogen and oxygen atoms in total. The van der Waals surface area contributed by atoms with Gasteiger partial charge in [-0.15, -0.1) is 0 Å². The second kappa shape index (κ2) is 7.44. The minimum atomic E-state index is -0.468. The van der Waals surface area contributed by atoms with Crippen LogP contribution in [-0.4, -0.2) is 33.5 Å². The topological polar surface area (TPSA) is 57.7 Å². The van der Waals surface area contributed by atoms with Crippen LogP contribution in [0.15, 0.2) is 48.7 Å². The Kier molecular flexibility index (Phi) is 4.64. The lowest BCUT2D eigenvalue weighted by Gasteiger charge is -2.30. The Hall–Kier alpha value is -2.99. The van der Waals surface area contributed by atoms with Gasteiger partial charge in [-0.05, 0) is 30.9 Å². The average molecular weight is 408 g/mol. The van der Waals surface area contributed by atoms with Crippen molar-refractivity contribution < 1.29 is 4.39 Å². The molecule has 0 atom stereocenters. The van der Waals surface area contributed by atoms with E-state index >= 15 is 0 Å². The van der Waals surface area contributed by atoms with Crippen LogP contribution in [0.5, 0.6) is 0 Å². The zero-order valence-electron chi connectivity index (χ0n) is 15.7. The van der Waals surface area contributed by atoms with Gasteiger partial charge in [-0.25, -0.2) is 9.37 Å². The van der Waals surface area contributed by atoms with Gasteiger partial charge in [-0.1, -0.05) is 41.9 Å². The number of fused-ring (bicyclic) bond motifs is 1. The summed E-state index contributed by atoms with van der Waals surface area (Å²) in [5.74, 6) is 0.344. The van der Waals surface area contributed by atoms with E-state index in [2.05, 4.69) is 20.3 Å². The highest BCUT2D eigenvalue weighted by molar-refractivity contribution is 6.31. The fraction of sp³-hybridized carbons (Fsp3) is 0.227. The Morgan fingerprint density at radius 2 is 1.79 bits per heavy atom. The van der Waals surface area contributed by atoms with Crippen LogP contribution in [0.2, 0.25) is 5.02 Å². The summed E-state index contributed by atoms with van der Waals surface area (Å²) in [5.41, 5.74) is 4.12. The number of benzene rings is 2. The number of halogens is 2. The maximum Gasteiger partial charge on any atom is 0.143 e. The van der Waals surface area contributed by atoms with Crippen molar-refractivity contribution in [1.82, 2.24) is 20.4 Å². The second-order valence-electron chi connectivity index (χ2n) is 7.24. The van der Waals surface area contributed by atoms with Gasteiger partial charge in [0.2, 0.25) is 0 Å². The van der Waals surface area contributed by atoms with Gasteiger partial charge in [0.1, 0.15) is 17.3 Å². The third kappa shape index (κ3) is 3.23. The number of hydrogen-bond donors (Lipinski definition) is 1. The fourth-order valence-electron chi connectivity index (χ4n) is 4.05. The molecule has 1 N–H and O–H groups in total. The summed E-state index contributed by atoms with van der Waals surface area (Å²) < 4.78 is 14.3. The van der Waals surface area contributed by atoms with Crippen LogP contribution in [-0.2, 0) is 0 Å². The van der Waals surface area contributed by atoms with Gasteiger partial charge >= 0.3 is 0 Å². The van der Waals surface area contributed by atoms with Crippen molar-refractivity contribution in [2.45, 2.75) is 19.3 Å².